The number of anilines is 3. The molecule has 38 heavy (non-hydrogen) atoms. The molecule has 0 aliphatic carbocycles. The fraction of sp³-hybridized carbons (Fsp3) is 0.310. The molecule has 2 atom stereocenters. The van der Waals surface area contributed by atoms with E-state index in [2.05, 4.69) is 22.0 Å². The van der Waals surface area contributed by atoms with Gasteiger partial charge in [-0.1, -0.05) is 24.3 Å². The molecule has 0 saturated carbocycles. The molecule has 2 heterocycles. The first-order chi connectivity index (χ1) is 18.4. The molecule has 2 amide bonds. The van der Waals surface area contributed by atoms with Crippen LogP contribution >= 0.6 is 11.6 Å². The average molecular weight is 535 g/mol. The molecular weight excluding hydrogens is 504 g/mol. The van der Waals surface area contributed by atoms with Gasteiger partial charge in [0.25, 0.3) is 5.91 Å². The van der Waals surface area contributed by atoms with Gasteiger partial charge in [-0.3, -0.25) is 9.59 Å². The van der Waals surface area contributed by atoms with Gasteiger partial charge >= 0.3 is 0 Å². The lowest BCUT2D eigenvalue weighted by molar-refractivity contribution is -0.117. The molecular formula is C29H31ClN4O4. The zero-order valence-corrected chi connectivity index (χ0v) is 22.4. The fourth-order valence-electron chi connectivity index (χ4n) is 4.95. The summed E-state index contributed by atoms with van der Waals surface area (Å²) in [5, 5.41) is 9.29. The first-order valence-corrected chi connectivity index (χ1v) is 13.1. The number of alkyl halides is 1. The van der Waals surface area contributed by atoms with Crippen molar-refractivity contribution in [2.75, 3.05) is 36.2 Å². The molecule has 9 heteroatoms. The Morgan fingerprint density at radius 1 is 1.16 bits per heavy atom. The SMILES string of the molecule is CN[C@@H](C)C(=O)Nc1cc(CCl)cc(COc2cc3c(cc2OC)C(=O)N2c4ccccc4C[C@H]2CN3)c1. The molecule has 5 rings (SSSR count). The summed E-state index contributed by atoms with van der Waals surface area (Å²) in [6, 6.07) is 17.0. The summed E-state index contributed by atoms with van der Waals surface area (Å²) in [5.41, 5.74) is 5.75. The van der Waals surface area contributed by atoms with E-state index in [1.165, 1.54) is 5.56 Å². The zero-order valence-electron chi connectivity index (χ0n) is 21.6. The van der Waals surface area contributed by atoms with Crippen molar-refractivity contribution in [1.82, 2.24) is 5.32 Å². The normalized spacial score (nSPS) is 16.5. The number of likely N-dealkylation sites (N-methyl/N-ethyl adjacent to an activating group) is 1. The molecule has 0 saturated heterocycles. The highest BCUT2D eigenvalue weighted by Crippen LogP contribution is 2.40. The number of hydrogen-bond acceptors (Lipinski definition) is 6. The van der Waals surface area contributed by atoms with Crippen molar-refractivity contribution in [2.24, 2.45) is 0 Å². The van der Waals surface area contributed by atoms with E-state index in [1.54, 1.807) is 27.1 Å². The molecule has 0 bridgehead atoms. The predicted molar refractivity (Wildman–Crippen MR) is 150 cm³/mol. The Morgan fingerprint density at radius 2 is 1.95 bits per heavy atom. The molecule has 2 aliphatic heterocycles. The van der Waals surface area contributed by atoms with Crippen molar-refractivity contribution < 1.29 is 19.1 Å². The minimum atomic E-state index is -0.335. The number of para-hydroxylation sites is 1. The molecule has 0 radical (unpaired) electrons. The summed E-state index contributed by atoms with van der Waals surface area (Å²) >= 11 is 6.11. The van der Waals surface area contributed by atoms with Crippen LogP contribution in [0.4, 0.5) is 17.1 Å². The smallest absolute Gasteiger partial charge is 0.260 e. The maximum absolute atomic E-state index is 13.6. The molecule has 3 aromatic rings. The number of halogens is 1. The Hall–Kier alpha value is -3.75. The number of rotatable bonds is 8. The number of fused-ring (bicyclic) bond motifs is 4. The lowest BCUT2D eigenvalue weighted by atomic mass is 10.1. The number of carbonyl (C=O) groups is 2. The van der Waals surface area contributed by atoms with E-state index in [0.717, 1.165) is 23.2 Å². The van der Waals surface area contributed by atoms with Gasteiger partial charge in [0.2, 0.25) is 5.91 Å². The quantitative estimate of drug-likeness (QED) is 0.367. The van der Waals surface area contributed by atoms with Gasteiger partial charge < -0.3 is 30.3 Å². The van der Waals surface area contributed by atoms with Gasteiger partial charge in [-0.05, 0) is 61.3 Å². The Kier molecular flexibility index (Phi) is 7.44. The van der Waals surface area contributed by atoms with Crippen molar-refractivity contribution in [1.29, 1.82) is 0 Å². The van der Waals surface area contributed by atoms with Gasteiger partial charge in [0.1, 0.15) is 6.61 Å². The van der Waals surface area contributed by atoms with Crippen LogP contribution in [0.25, 0.3) is 0 Å². The van der Waals surface area contributed by atoms with E-state index in [0.29, 0.717) is 40.9 Å². The highest BCUT2D eigenvalue weighted by molar-refractivity contribution is 6.17. The molecule has 0 spiro atoms. The number of hydrogen-bond donors (Lipinski definition) is 3. The van der Waals surface area contributed by atoms with Crippen LogP contribution in [0.1, 0.15) is 34.0 Å². The van der Waals surface area contributed by atoms with Crippen LogP contribution in [-0.4, -0.2) is 44.6 Å². The van der Waals surface area contributed by atoms with E-state index in [1.807, 2.05) is 47.4 Å². The predicted octanol–water partition coefficient (Wildman–Crippen LogP) is 4.56. The molecule has 3 N–H and O–H groups in total. The first-order valence-electron chi connectivity index (χ1n) is 12.6. The summed E-state index contributed by atoms with van der Waals surface area (Å²) in [6.07, 6.45) is 0.812. The highest BCUT2D eigenvalue weighted by Gasteiger charge is 2.37. The van der Waals surface area contributed by atoms with E-state index in [4.69, 9.17) is 21.1 Å². The lowest BCUT2D eigenvalue weighted by Gasteiger charge is -2.22. The summed E-state index contributed by atoms with van der Waals surface area (Å²) < 4.78 is 11.8. The Morgan fingerprint density at radius 3 is 2.71 bits per heavy atom. The van der Waals surface area contributed by atoms with Gasteiger partial charge in [-0.15, -0.1) is 11.6 Å². The minimum absolute atomic E-state index is 0.0419. The number of amides is 2. The number of methoxy groups -OCH3 is 1. The van der Waals surface area contributed by atoms with E-state index >= 15 is 0 Å². The number of nitrogens with zero attached hydrogens (tertiary/aromatic N) is 1. The number of ether oxygens (including phenoxy) is 2. The largest absolute Gasteiger partial charge is 0.493 e. The van der Waals surface area contributed by atoms with Crippen LogP contribution < -0.4 is 30.3 Å². The maximum atomic E-state index is 13.6. The first kappa shape index (κ1) is 25.9. The third-order valence-corrected chi connectivity index (χ3v) is 7.36. The van der Waals surface area contributed by atoms with Crippen LogP contribution in [0, 0.1) is 0 Å². The van der Waals surface area contributed by atoms with Crippen molar-refractivity contribution in [2.45, 2.75) is 37.9 Å². The van der Waals surface area contributed by atoms with Crippen LogP contribution in [0.2, 0.25) is 0 Å². The molecule has 0 unspecified atom stereocenters. The third-order valence-electron chi connectivity index (χ3n) is 7.05. The van der Waals surface area contributed by atoms with Crippen LogP contribution in [0.3, 0.4) is 0 Å². The second-order valence-corrected chi connectivity index (χ2v) is 9.82. The lowest BCUT2D eigenvalue weighted by Crippen LogP contribution is -2.39. The number of carbonyl (C=O) groups excluding carboxylic acids is 2. The van der Waals surface area contributed by atoms with Gasteiger partial charge in [0.05, 0.1) is 30.4 Å². The molecule has 2 aliphatic rings. The van der Waals surface area contributed by atoms with Crippen molar-refractivity contribution in [3.63, 3.8) is 0 Å². The molecule has 3 aromatic carbocycles. The van der Waals surface area contributed by atoms with E-state index < -0.39 is 0 Å². The zero-order chi connectivity index (χ0) is 26.8. The third kappa shape index (κ3) is 5.01. The monoisotopic (exact) mass is 534 g/mol. The fourth-order valence-corrected chi connectivity index (χ4v) is 5.10. The topological polar surface area (TPSA) is 91.9 Å². The van der Waals surface area contributed by atoms with E-state index in [-0.39, 0.29) is 30.5 Å². The van der Waals surface area contributed by atoms with Crippen molar-refractivity contribution in [3.05, 3.63) is 76.9 Å². The van der Waals surface area contributed by atoms with Gasteiger partial charge in [0, 0.05) is 29.9 Å². The molecule has 0 fully saturated rings. The Labute approximate surface area is 227 Å². The van der Waals surface area contributed by atoms with Gasteiger partial charge in [-0.25, -0.2) is 0 Å². The summed E-state index contributed by atoms with van der Waals surface area (Å²) in [7, 11) is 3.29. The van der Waals surface area contributed by atoms with E-state index in [9.17, 15) is 9.59 Å². The van der Waals surface area contributed by atoms with Crippen LogP contribution in [0.15, 0.2) is 54.6 Å². The van der Waals surface area contributed by atoms with Gasteiger partial charge in [-0.2, -0.15) is 0 Å². The van der Waals surface area contributed by atoms with Crippen molar-refractivity contribution >= 4 is 40.5 Å². The second-order valence-electron chi connectivity index (χ2n) is 9.55. The highest BCUT2D eigenvalue weighted by atomic mass is 35.5. The molecule has 0 aromatic heterocycles. The summed E-state index contributed by atoms with van der Waals surface area (Å²) in [6.45, 7) is 2.64. The van der Waals surface area contributed by atoms with Crippen LogP contribution in [-0.2, 0) is 23.7 Å². The second kappa shape index (κ2) is 10.9. The Balaban J connectivity index is 1.39. The maximum Gasteiger partial charge on any atom is 0.260 e. The van der Waals surface area contributed by atoms with Crippen molar-refractivity contribution in [3.8, 4) is 11.5 Å². The summed E-state index contributed by atoms with van der Waals surface area (Å²) in [4.78, 5) is 27.9. The molecule has 198 valence electrons. The Bertz CT molecular complexity index is 1380. The van der Waals surface area contributed by atoms with Gasteiger partial charge in [0.15, 0.2) is 11.5 Å². The number of nitrogens with one attached hydrogen (secondary N) is 3. The average Bonchev–Trinajstić information content (AvgIpc) is 3.25. The minimum Gasteiger partial charge on any atom is -0.493 e. The van der Waals surface area contributed by atoms with Crippen LogP contribution in [0.5, 0.6) is 11.5 Å². The molecule has 8 nitrogen and oxygen atoms in total. The number of benzene rings is 3. The summed E-state index contributed by atoms with van der Waals surface area (Å²) in [5.74, 6) is 1.08. The standard InChI is InChI=1S/C29H31ClN4O4/c1-17(31-2)28(35)33-21-9-18(14-30)8-19(10-21)16-38-27-13-24-23(12-26(27)37-3)29(36)34-22(15-32-24)11-20-6-4-5-7-25(20)34/h4-10,12-13,17,22,31-32H,11,14-16H2,1-3H3,(H,33,35)/t17-,22-/m0/s1.